The number of benzene rings is 3. The van der Waals surface area contributed by atoms with Crippen LogP contribution in [0.15, 0.2) is 54.6 Å². The molecule has 37 heavy (non-hydrogen) atoms. The Morgan fingerprint density at radius 2 is 0.973 bits per heavy atom. The first-order valence-corrected chi connectivity index (χ1v) is 12.6. The molecule has 0 heterocycles. The highest BCUT2D eigenvalue weighted by Gasteiger charge is 2.08. The van der Waals surface area contributed by atoms with Crippen molar-refractivity contribution in [1.82, 2.24) is 20.9 Å². The topological polar surface area (TPSA) is 152 Å². The molecule has 0 aliphatic heterocycles. The number of hydrogen-bond donors (Lipinski definition) is 8. The number of aryl methyl sites for hydroxylation is 1. The average Bonchev–Trinajstić information content (AvgIpc) is 2.87. The lowest BCUT2D eigenvalue weighted by Crippen LogP contribution is -2.40. The van der Waals surface area contributed by atoms with Gasteiger partial charge in [-0.2, -0.15) is 0 Å². The zero-order valence-corrected chi connectivity index (χ0v) is 21.5. The van der Waals surface area contributed by atoms with Crippen molar-refractivity contribution in [3.8, 4) is 17.2 Å². The van der Waals surface area contributed by atoms with Gasteiger partial charge in [0.05, 0.1) is 0 Å². The highest BCUT2D eigenvalue weighted by atomic mass is 16.3. The number of nitrogens with one attached hydrogen (secondary N) is 3. The van der Waals surface area contributed by atoms with Gasteiger partial charge < -0.3 is 42.7 Å². The minimum Gasteiger partial charge on any atom is -0.508 e. The molecule has 0 bridgehead atoms. The molecule has 10 N–H and O–H groups in total. The van der Waals surface area contributed by atoms with Crippen LogP contribution in [0.1, 0.15) is 22.3 Å². The molecule has 0 spiro atoms. The second-order valence-electron chi connectivity index (χ2n) is 9.28. The van der Waals surface area contributed by atoms with Crippen molar-refractivity contribution in [2.24, 2.45) is 0 Å². The van der Waals surface area contributed by atoms with E-state index in [1.807, 2.05) is 19.1 Å². The smallest absolute Gasteiger partial charge is 0.120 e. The Labute approximate surface area is 219 Å². The van der Waals surface area contributed by atoms with Crippen molar-refractivity contribution >= 4 is 11.4 Å². The van der Waals surface area contributed by atoms with Crippen LogP contribution in [-0.4, -0.2) is 59.5 Å². The minimum absolute atomic E-state index is 0.233. The monoisotopic (exact) mass is 508 g/mol. The minimum atomic E-state index is 0.233. The van der Waals surface area contributed by atoms with Gasteiger partial charge in [0.15, 0.2) is 0 Å². The summed E-state index contributed by atoms with van der Waals surface area (Å²) in [5.41, 5.74) is 16.5. The van der Waals surface area contributed by atoms with Gasteiger partial charge in [0.2, 0.25) is 0 Å². The Morgan fingerprint density at radius 1 is 0.595 bits per heavy atom. The zero-order valence-electron chi connectivity index (χ0n) is 21.5. The Bertz CT molecular complexity index is 999. The molecular formula is C28H40N6O3. The highest BCUT2D eigenvalue weighted by Crippen LogP contribution is 2.20. The van der Waals surface area contributed by atoms with E-state index in [0.717, 1.165) is 61.5 Å². The molecule has 0 atom stereocenters. The quantitative estimate of drug-likeness (QED) is 0.0878. The van der Waals surface area contributed by atoms with Gasteiger partial charge >= 0.3 is 0 Å². The molecule has 3 aromatic rings. The van der Waals surface area contributed by atoms with Gasteiger partial charge in [0.1, 0.15) is 17.2 Å². The number of nitrogens with zero attached hydrogens (tertiary/aromatic N) is 1. The van der Waals surface area contributed by atoms with Gasteiger partial charge in [-0.25, -0.2) is 0 Å². The lowest BCUT2D eigenvalue weighted by atomic mass is 10.1. The molecule has 9 heteroatoms. The molecule has 0 aliphatic rings. The lowest BCUT2D eigenvalue weighted by Gasteiger charge is -2.23. The van der Waals surface area contributed by atoms with Crippen LogP contribution in [0.3, 0.4) is 0 Å². The average molecular weight is 509 g/mol. The predicted molar refractivity (Wildman–Crippen MR) is 149 cm³/mol. The number of nitrogens with two attached hydrogens (primary N) is 2. The molecule has 3 rings (SSSR count). The van der Waals surface area contributed by atoms with Crippen LogP contribution in [0, 0.1) is 6.92 Å². The maximum absolute atomic E-state index is 10.1. The summed E-state index contributed by atoms with van der Waals surface area (Å²) in [7, 11) is 0. The van der Waals surface area contributed by atoms with E-state index in [-0.39, 0.29) is 11.5 Å². The van der Waals surface area contributed by atoms with E-state index in [1.165, 1.54) is 0 Å². The number of hydrogen-bond acceptors (Lipinski definition) is 9. The molecule has 0 amide bonds. The molecular weight excluding hydrogens is 468 g/mol. The third-order valence-corrected chi connectivity index (χ3v) is 6.20. The fourth-order valence-electron chi connectivity index (χ4n) is 4.07. The van der Waals surface area contributed by atoms with Crippen molar-refractivity contribution in [3.63, 3.8) is 0 Å². The van der Waals surface area contributed by atoms with Crippen LogP contribution in [0.25, 0.3) is 0 Å². The predicted octanol–water partition coefficient (Wildman–Crippen LogP) is 2.25. The van der Waals surface area contributed by atoms with Crippen LogP contribution in [0.4, 0.5) is 11.4 Å². The fourth-order valence-corrected chi connectivity index (χ4v) is 4.07. The van der Waals surface area contributed by atoms with Crippen molar-refractivity contribution in [2.45, 2.75) is 26.6 Å². The summed E-state index contributed by atoms with van der Waals surface area (Å²) in [6.45, 7) is 8.36. The third kappa shape index (κ3) is 9.47. The van der Waals surface area contributed by atoms with E-state index in [4.69, 9.17) is 11.5 Å². The summed E-state index contributed by atoms with van der Waals surface area (Å²) in [5.74, 6) is 0.769. The van der Waals surface area contributed by atoms with Crippen LogP contribution >= 0.6 is 0 Å². The lowest BCUT2D eigenvalue weighted by molar-refractivity contribution is 0.270. The van der Waals surface area contributed by atoms with Gasteiger partial charge in [-0.3, -0.25) is 4.90 Å². The number of aromatic hydroxyl groups is 3. The number of phenolic OH excluding ortho intramolecular Hbond substituents is 3. The molecule has 0 aromatic heterocycles. The van der Waals surface area contributed by atoms with Crippen molar-refractivity contribution in [1.29, 1.82) is 0 Å². The Balaban J connectivity index is 1.47. The number of rotatable bonds is 15. The molecule has 200 valence electrons. The summed E-state index contributed by atoms with van der Waals surface area (Å²) in [6, 6.07) is 15.8. The summed E-state index contributed by atoms with van der Waals surface area (Å²) >= 11 is 0. The Kier molecular flexibility index (Phi) is 10.8. The third-order valence-electron chi connectivity index (χ3n) is 6.20. The summed E-state index contributed by atoms with van der Waals surface area (Å²) in [5, 5.41) is 40.3. The first kappa shape index (κ1) is 28.1. The Morgan fingerprint density at radius 3 is 1.41 bits per heavy atom. The molecule has 0 unspecified atom stereocenters. The maximum Gasteiger partial charge on any atom is 0.120 e. The van der Waals surface area contributed by atoms with Crippen molar-refractivity contribution < 1.29 is 15.3 Å². The first-order chi connectivity index (χ1) is 17.8. The highest BCUT2D eigenvalue weighted by molar-refractivity contribution is 5.48. The van der Waals surface area contributed by atoms with Gasteiger partial charge in [-0.1, -0.05) is 17.7 Å². The standard InChI is InChI=1S/C28H40N6O3/c1-20-2-5-26(35)21(14-20)17-31-8-11-34(12-9-32-18-22-15-24(29)3-6-27(22)36)13-10-33-19-23-16-25(30)4-7-28(23)37/h2-7,14-16,31-33,35-37H,8-13,17-19,29-30H2,1H3. The van der Waals surface area contributed by atoms with Gasteiger partial charge in [-0.15, -0.1) is 0 Å². The maximum atomic E-state index is 10.1. The molecule has 9 nitrogen and oxygen atoms in total. The normalized spacial score (nSPS) is 11.3. The van der Waals surface area contributed by atoms with Crippen LogP contribution in [-0.2, 0) is 19.6 Å². The molecule has 0 saturated carbocycles. The van der Waals surface area contributed by atoms with Gasteiger partial charge in [0.25, 0.3) is 0 Å². The SMILES string of the molecule is Cc1ccc(O)c(CNCCN(CCNCc2cc(N)ccc2O)CCNCc2cc(N)ccc2O)c1. The number of phenols is 3. The zero-order chi connectivity index (χ0) is 26.6. The van der Waals surface area contributed by atoms with Gasteiger partial charge in [-0.05, 0) is 49.4 Å². The van der Waals surface area contributed by atoms with Crippen LogP contribution in [0.5, 0.6) is 17.2 Å². The molecule has 0 aliphatic carbocycles. The van der Waals surface area contributed by atoms with E-state index in [9.17, 15) is 15.3 Å². The number of nitrogen functional groups attached to an aromatic ring is 2. The van der Waals surface area contributed by atoms with Crippen molar-refractivity contribution in [2.75, 3.05) is 50.7 Å². The van der Waals surface area contributed by atoms with E-state index in [2.05, 4.69) is 20.9 Å². The fraction of sp³-hybridized carbons (Fsp3) is 0.357. The number of anilines is 2. The Hall–Kier alpha value is -3.50. The summed E-state index contributed by atoms with van der Waals surface area (Å²) in [6.07, 6.45) is 0. The second kappa shape index (κ2) is 14.3. The van der Waals surface area contributed by atoms with Crippen LogP contribution in [0.2, 0.25) is 0 Å². The first-order valence-electron chi connectivity index (χ1n) is 12.6. The van der Waals surface area contributed by atoms with E-state index < -0.39 is 0 Å². The van der Waals surface area contributed by atoms with E-state index in [0.29, 0.717) is 36.8 Å². The molecule has 0 saturated heterocycles. The molecule has 0 fully saturated rings. The van der Waals surface area contributed by atoms with Crippen molar-refractivity contribution in [3.05, 3.63) is 76.9 Å². The molecule has 3 aromatic carbocycles. The second-order valence-corrected chi connectivity index (χ2v) is 9.28. The van der Waals surface area contributed by atoms with E-state index in [1.54, 1.807) is 42.5 Å². The van der Waals surface area contributed by atoms with Gasteiger partial charge in [0, 0.05) is 87.0 Å². The van der Waals surface area contributed by atoms with Crippen LogP contribution < -0.4 is 27.4 Å². The molecule has 0 radical (unpaired) electrons. The summed E-state index contributed by atoms with van der Waals surface area (Å²) < 4.78 is 0. The largest absolute Gasteiger partial charge is 0.508 e. The van der Waals surface area contributed by atoms with E-state index >= 15 is 0 Å². The summed E-state index contributed by atoms with van der Waals surface area (Å²) in [4.78, 5) is 2.33.